The number of halogens is 1. The van der Waals surface area contributed by atoms with E-state index in [1.165, 1.54) is 47.0 Å². The third kappa shape index (κ3) is 5.40. The number of piperidine rings is 1. The maximum Gasteiger partial charge on any atom is 0.309 e. The van der Waals surface area contributed by atoms with E-state index in [4.69, 9.17) is 9.47 Å². The van der Waals surface area contributed by atoms with Gasteiger partial charge in [-0.1, -0.05) is 0 Å². The molecule has 0 bridgehead atoms. The molecule has 1 fully saturated rings. The van der Waals surface area contributed by atoms with Crippen LogP contribution in [0.3, 0.4) is 0 Å². The van der Waals surface area contributed by atoms with E-state index >= 15 is 0 Å². The fourth-order valence-electron chi connectivity index (χ4n) is 3.59. The number of rotatable bonds is 7. The van der Waals surface area contributed by atoms with Crippen molar-refractivity contribution in [1.82, 2.24) is 9.29 Å². The highest BCUT2D eigenvalue weighted by Crippen LogP contribution is 2.27. The number of ether oxygens (including phenoxy) is 2. The molecule has 0 atom stereocenters. The van der Waals surface area contributed by atoms with Crippen molar-refractivity contribution in [1.29, 1.82) is 0 Å². The van der Waals surface area contributed by atoms with Crippen molar-refractivity contribution in [2.45, 2.75) is 24.3 Å². The van der Waals surface area contributed by atoms with Gasteiger partial charge in [0.15, 0.2) is 0 Å². The van der Waals surface area contributed by atoms with E-state index in [1.807, 2.05) is 0 Å². The highest BCUT2D eigenvalue weighted by molar-refractivity contribution is 7.89. The topological polar surface area (TPSA) is 85.8 Å². The molecule has 0 spiro atoms. The van der Waals surface area contributed by atoms with Gasteiger partial charge < -0.3 is 9.47 Å². The van der Waals surface area contributed by atoms with Crippen LogP contribution < -0.4 is 4.74 Å². The predicted molar refractivity (Wildman–Crippen MR) is 122 cm³/mol. The van der Waals surface area contributed by atoms with Crippen LogP contribution >= 0.6 is 11.3 Å². The quantitative estimate of drug-likeness (QED) is 0.464. The molecule has 4 rings (SSSR count). The summed E-state index contributed by atoms with van der Waals surface area (Å²) in [6.07, 6.45) is 0.790. The maximum atomic E-state index is 13.1. The van der Waals surface area contributed by atoms with E-state index in [9.17, 15) is 17.6 Å². The van der Waals surface area contributed by atoms with Gasteiger partial charge in [0.05, 0.1) is 23.6 Å². The molecule has 2 heterocycles. The van der Waals surface area contributed by atoms with Gasteiger partial charge in [-0.3, -0.25) is 4.79 Å². The molecule has 1 aromatic heterocycles. The Morgan fingerprint density at radius 3 is 2.42 bits per heavy atom. The van der Waals surface area contributed by atoms with E-state index < -0.39 is 10.0 Å². The van der Waals surface area contributed by atoms with Crippen LogP contribution in [0.25, 0.3) is 10.6 Å². The number of carbonyl (C=O) groups excluding carboxylic acids is 1. The predicted octanol–water partition coefficient (Wildman–Crippen LogP) is 4.10. The van der Waals surface area contributed by atoms with Gasteiger partial charge in [0, 0.05) is 24.0 Å². The number of sulfonamides is 1. The first-order valence-electron chi connectivity index (χ1n) is 10.4. The van der Waals surface area contributed by atoms with Gasteiger partial charge in [-0.05, 0) is 61.4 Å². The minimum atomic E-state index is -3.62. The molecule has 0 N–H and O–H groups in total. The minimum absolute atomic E-state index is 0.0425. The maximum absolute atomic E-state index is 13.1. The number of benzene rings is 2. The lowest BCUT2D eigenvalue weighted by Gasteiger charge is -2.30. The van der Waals surface area contributed by atoms with E-state index in [1.54, 1.807) is 29.6 Å². The molecule has 1 aliphatic rings. The van der Waals surface area contributed by atoms with Crippen LogP contribution in [0.5, 0.6) is 5.75 Å². The number of carbonyl (C=O) groups is 1. The Bertz CT molecular complexity index is 1200. The number of thiazole rings is 1. The molecule has 1 aliphatic heterocycles. The van der Waals surface area contributed by atoms with Crippen molar-refractivity contribution in [3.63, 3.8) is 0 Å². The Balaban J connectivity index is 1.29. The lowest BCUT2D eigenvalue weighted by molar-refractivity contribution is -0.151. The second-order valence-corrected chi connectivity index (χ2v) is 10.4. The average Bonchev–Trinajstić information content (AvgIpc) is 3.32. The van der Waals surface area contributed by atoms with E-state index in [-0.39, 0.29) is 42.3 Å². The summed E-state index contributed by atoms with van der Waals surface area (Å²) >= 11 is 1.39. The summed E-state index contributed by atoms with van der Waals surface area (Å²) in [6, 6.07) is 12.3. The van der Waals surface area contributed by atoms with Gasteiger partial charge in [-0.15, -0.1) is 11.3 Å². The van der Waals surface area contributed by atoms with Crippen molar-refractivity contribution in [3.8, 4) is 16.3 Å². The van der Waals surface area contributed by atoms with Gasteiger partial charge in [0.2, 0.25) is 10.0 Å². The van der Waals surface area contributed by atoms with Crippen LogP contribution in [-0.4, -0.2) is 43.9 Å². The van der Waals surface area contributed by atoms with Crippen molar-refractivity contribution < 1.29 is 27.1 Å². The molecule has 0 radical (unpaired) electrons. The molecule has 10 heteroatoms. The summed E-state index contributed by atoms with van der Waals surface area (Å²) in [5.74, 6) is -0.442. The number of hydrogen-bond acceptors (Lipinski definition) is 7. The van der Waals surface area contributed by atoms with Crippen molar-refractivity contribution in [2.75, 3.05) is 20.2 Å². The normalized spacial score (nSPS) is 15.3. The highest BCUT2D eigenvalue weighted by atomic mass is 32.2. The fraction of sp³-hybridized carbons (Fsp3) is 0.304. The summed E-state index contributed by atoms with van der Waals surface area (Å²) in [5.41, 5.74) is 1.41. The first-order chi connectivity index (χ1) is 15.9. The van der Waals surface area contributed by atoms with Gasteiger partial charge in [0.1, 0.15) is 23.2 Å². The Morgan fingerprint density at radius 2 is 1.79 bits per heavy atom. The van der Waals surface area contributed by atoms with Gasteiger partial charge in [-0.2, -0.15) is 4.31 Å². The zero-order chi connectivity index (χ0) is 23.4. The first kappa shape index (κ1) is 23.3. The summed E-state index contributed by atoms with van der Waals surface area (Å²) in [6.45, 7) is 0.542. The van der Waals surface area contributed by atoms with Crippen molar-refractivity contribution in [3.05, 3.63) is 65.4 Å². The summed E-state index contributed by atoms with van der Waals surface area (Å²) in [7, 11) is -2.10. The molecule has 7 nitrogen and oxygen atoms in total. The molecule has 3 aromatic rings. The van der Waals surface area contributed by atoms with E-state index in [2.05, 4.69) is 4.98 Å². The van der Waals surface area contributed by atoms with Crippen molar-refractivity contribution >= 4 is 27.3 Å². The third-order valence-corrected chi connectivity index (χ3v) is 8.34. The fourth-order valence-corrected chi connectivity index (χ4v) is 5.87. The lowest BCUT2D eigenvalue weighted by atomic mass is 9.98. The number of hydrogen-bond donors (Lipinski definition) is 0. The Kier molecular flexibility index (Phi) is 7.06. The van der Waals surface area contributed by atoms with Crippen LogP contribution in [0.15, 0.2) is 58.8 Å². The molecule has 0 saturated carbocycles. The Hall–Kier alpha value is -2.82. The smallest absolute Gasteiger partial charge is 0.309 e. The minimum Gasteiger partial charge on any atom is -0.497 e. The molecule has 0 aliphatic carbocycles. The summed E-state index contributed by atoms with van der Waals surface area (Å²) < 4.78 is 50.7. The monoisotopic (exact) mass is 490 g/mol. The zero-order valence-corrected chi connectivity index (χ0v) is 19.6. The second kappa shape index (κ2) is 9.98. The number of esters is 1. The molecule has 0 amide bonds. The molecular weight excluding hydrogens is 467 g/mol. The zero-order valence-electron chi connectivity index (χ0n) is 17.9. The van der Waals surface area contributed by atoms with E-state index in [0.29, 0.717) is 24.3 Å². The van der Waals surface area contributed by atoms with Gasteiger partial charge >= 0.3 is 5.97 Å². The number of aromatic nitrogens is 1. The Morgan fingerprint density at radius 1 is 1.12 bits per heavy atom. The molecule has 174 valence electrons. The largest absolute Gasteiger partial charge is 0.497 e. The average molecular weight is 491 g/mol. The first-order valence-corrected chi connectivity index (χ1v) is 12.7. The van der Waals surface area contributed by atoms with Crippen LogP contribution in [0, 0.1) is 11.7 Å². The van der Waals surface area contributed by atoms with Crippen LogP contribution in [-0.2, 0) is 26.2 Å². The third-order valence-electron chi connectivity index (χ3n) is 5.49. The number of nitrogens with zero attached hydrogens (tertiary/aromatic N) is 2. The number of methoxy groups -OCH3 is 1. The van der Waals surface area contributed by atoms with Crippen LogP contribution in [0.1, 0.15) is 18.5 Å². The van der Waals surface area contributed by atoms with Gasteiger partial charge in [-0.25, -0.2) is 17.8 Å². The molecule has 0 unspecified atom stereocenters. The van der Waals surface area contributed by atoms with Crippen LogP contribution in [0.2, 0.25) is 0 Å². The van der Waals surface area contributed by atoms with E-state index in [0.717, 1.165) is 10.6 Å². The molecule has 2 aromatic carbocycles. The standard InChI is InChI=1S/C23H23FN2O5S2/c1-30-20-6-8-21(9-7-20)33(28,29)26-12-10-17(11-13-26)23(27)31-14-19-15-32-22(25-19)16-2-4-18(24)5-3-16/h2-9,15,17H,10-14H2,1H3. The van der Waals surface area contributed by atoms with Crippen molar-refractivity contribution in [2.24, 2.45) is 5.92 Å². The van der Waals surface area contributed by atoms with Crippen LogP contribution in [0.4, 0.5) is 4.39 Å². The summed E-state index contributed by atoms with van der Waals surface area (Å²) in [5, 5.41) is 2.52. The SMILES string of the molecule is COc1ccc(S(=O)(=O)N2CCC(C(=O)OCc3csc(-c4ccc(F)cc4)n3)CC2)cc1. The highest BCUT2D eigenvalue weighted by Gasteiger charge is 2.32. The lowest BCUT2D eigenvalue weighted by Crippen LogP contribution is -2.40. The summed E-state index contributed by atoms with van der Waals surface area (Å²) in [4.78, 5) is 17.2. The molecular formula is C23H23FN2O5S2. The second-order valence-electron chi connectivity index (χ2n) is 7.61. The molecule has 33 heavy (non-hydrogen) atoms. The Labute approximate surface area is 195 Å². The molecule has 1 saturated heterocycles. The van der Waals surface area contributed by atoms with Gasteiger partial charge in [0.25, 0.3) is 0 Å².